The molecule has 0 bridgehead atoms. The van der Waals surface area contributed by atoms with Gasteiger partial charge in [0.05, 0.1) is 5.69 Å². The number of aryl methyl sites for hydroxylation is 1. The molecule has 0 spiro atoms. The molecule has 29 heavy (non-hydrogen) atoms. The highest BCUT2D eigenvalue weighted by Crippen LogP contribution is 2.32. The number of hydrogen-bond acceptors (Lipinski definition) is 4. The minimum Gasteiger partial charge on any atom is -0.356 e. The van der Waals surface area contributed by atoms with Crippen LogP contribution < -0.4 is 0 Å². The van der Waals surface area contributed by atoms with Gasteiger partial charge >= 0.3 is 0 Å². The fourth-order valence-corrected chi connectivity index (χ4v) is 4.84. The number of rotatable bonds is 4. The number of nitrogens with zero attached hydrogens (tertiary/aromatic N) is 4. The second-order valence-electron chi connectivity index (χ2n) is 8.42. The maximum atomic E-state index is 12.9. The van der Waals surface area contributed by atoms with Crippen LogP contribution in [0.5, 0.6) is 0 Å². The van der Waals surface area contributed by atoms with Crippen molar-refractivity contribution in [1.29, 1.82) is 0 Å². The zero-order valence-corrected chi connectivity index (χ0v) is 17.2. The van der Waals surface area contributed by atoms with E-state index in [0.717, 1.165) is 74.5 Å². The first-order valence-electron chi connectivity index (χ1n) is 10.6. The van der Waals surface area contributed by atoms with Gasteiger partial charge in [0.2, 0.25) is 0 Å². The summed E-state index contributed by atoms with van der Waals surface area (Å²) in [5, 5.41) is 5.51. The van der Waals surface area contributed by atoms with Gasteiger partial charge < -0.3 is 18.9 Å². The van der Waals surface area contributed by atoms with Crippen LogP contribution in [0.15, 0.2) is 34.9 Å². The van der Waals surface area contributed by atoms with E-state index in [-0.39, 0.29) is 5.91 Å². The van der Waals surface area contributed by atoms with E-state index in [1.54, 1.807) is 0 Å². The number of likely N-dealkylation sites (tertiary alicyclic amines) is 1. The van der Waals surface area contributed by atoms with Gasteiger partial charge in [-0.1, -0.05) is 17.3 Å². The molecule has 0 radical (unpaired) electrons. The zero-order chi connectivity index (χ0) is 20.0. The van der Waals surface area contributed by atoms with E-state index < -0.39 is 0 Å². The molecule has 1 aromatic carbocycles. The van der Waals surface area contributed by atoms with Gasteiger partial charge in [-0.3, -0.25) is 4.79 Å². The van der Waals surface area contributed by atoms with Gasteiger partial charge in [0.25, 0.3) is 5.91 Å². The largest absolute Gasteiger partial charge is 0.356 e. The van der Waals surface area contributed by atoms with Crippen molar-refractivity contribution in [2.24, 2.45) is 0 Å². The lowest BCUT2D eigenvalue weighted by atomic mass is 9.91. The van der Waals surface area contributed by atoms with Crippen LogP contribution in [-0.4, -0.2) is 58.2 Å². The van der Waals surface area contributed by atoms with Crippen molar-refractivity contribution < 1.29 is 9.32 Å². The maximum absolute atomic E-state index is 12.9. The summed E-state index contributed by atoms with van der Waals surface area (Å²) >= 11 is 0. The minimum atomic E-state index is 0.177. The Morgan fingerprint density at radius 1 is 1.07 bits per heavy atom. The van der Waals surface area contributed by atoms with E-state index in [1.807, 2.05) is 29.2 Å². The fraction of sp³-hybridized carbons (Fsp3) is 0.478. The summed E-state index contributed by atoms with van der Waals surface area (Å²) in [5.74, 6) is 0.636. The van der Waals surface area contributed by atoms with Gasteiger partial charge in [-0.05, 0) is 63.5 Å². The van der Waals surface area contributed by atoms with E-state index >= 15 is 0 Å². The number of aromatic nitrogens is 2. The standard InChI is InChI=1S/C23H28N4O2/c1-16-15-20-23(28)26(13-14-27(20)17(16)2)12-11-25-9-7-18(8-10-25)22-19-5-3-4-6-21(19)29-24-22/h3-6,15,18H,7-14H2,1-2H3. The Balaban J connectivity index is 1.17. The molecule has 1 amide bonds. The first-order chi connectivity index (χ1) is 14.1. The number of carbonyl (C=O) groups excluding carboxylic acids is 1. The molecule has 4 heterocycles. The summed E-state index contributed by atoms with van der Waals surface area (Å²) in [6.45, 7) is 9.73. The third kappa shape index (κ3) is 3.25. The fourth-order valence-electron chi connectivity index (χ4n) is 4.84. The van der Waals surface area contributed by atoms with Crippen molar-refractivity contribution in [2.75, 3.05) is 32.7 Å². The number of benzene rings is 1. The summed E-state index contributed by atoms with van der Waals surface area (Å²) in [6, 6.07) is 10.2. The third-order valence-electron chi connectivity index (χ3n) is 6.79. The summed E-state index contributed by atoms with van der Waals surface area (Å²) in [7, 11) is 0. The number of para-hydroxylation sites is 1. The highest BCUT2D eigenvalue weighted by molar-refractivity contribution is 5.94. The lowest BCUT2D eigenvalue weighted by Crippen LogP contribution is -2.45. The Morgan fingerprint density at radius 2 is 1.86 bits per heavy atom. The molecule has 0 atom stereocenters. The van der Waals surface area contributed by atoms with Crippen LogP contribution >= 0.6 is 0 Å². The number of amides is 1. The Hall–Kier alpha value is -2.60. The maximum Gasteiger partial charge on any atom is 0.270 e. The molecule has 2 aliphatic heterocycles. The van der Waals surface area contributed by atoms with E-state index in [2.05, 4.69) is 34.5 Å². The van der Waals surface area contributed by atoms with Crippen LogP contribution in [0.1, 0.15) is 46.2 Å². The molecule has 0 unspecified atom stereocenters. The second kappa shape index (κ2) is 7.34. The van der Waals surface area contributed by atoms with Gasteiger partial charge in [0, 0.05) is 43.2 Å². The number of carbonyl (C=O) groups is 1. The summed E-state index contributed by atoms with van der Waals surface area (Å²) in [5.41, 5.74) is 5.26. The van der Waals surface area contributed by atoms with Crippen molar-refractivity contribution in [1.82, 2.24) is 19.5 Å². The first-order valence-corrected chi connectivity index (χ1v) is 10.6. The van der Waals surface area contributed by atoms with Crippen LogP contribution in [0.25, 0.3) is 11.0 Å². The van der Waals surface area contributed by atoms with E-state index in [9.17, 15) is 4.79 Å². The molecular weight excluding hydrogens is 364 g/mol. The highest BCUT2D eigenvalue weighted by atomic mass is 16.5. The first kappa shape index (κ1) is 18.4. The Bertz CT molecular complexity index is 1040. The van der Waals surface area contributed by atoms with Crippen molar-refractivity contribution >= 4 is 16.9 Å². The predicted molar refractivity (Wildman–Crippen MR) is 112 cm³/mol. The molecule has 2 aliphatic rings. The van der Waals surface area contributed by atoms with Gasteiger partial charge in [-0.15, -0.1) is 0 Å². The van der Waals surface area contributed by atoms with Crippen molar-refractivity contribution in [2.45, 2.75) is 39.2 Å². The molecule has 152 valence electrons. The SMILES string of the molecule is Cc1cc2n(c1C)CCN(CCN1CCC(c3noc4ccccc34)CC1)C2=O. The van der Waals surface area contributed by atoms with E-state index in [4.69, 9.17) is 4.52 Å². The molecular formula is C23H28N4O2. The molecule has 6 heteroatoms. The quantitative estimate of drug-likeness (QED) is 0.681. The Morgan fingerprint density at radius 3 is 2.69 bits per heavy atom. The molecule has 2 aromatic heterocycles. The van der Waals surface area contributed by atoms with Crippen LogP contribution in [-0.2, 0) is 6.54 Å². The van der Waals surface area contributed by atoms with Crippen molar-refractivity contribution in [3.63, 3.8) is 0 Å². The van der Waals surface area contributed by atoms with Gasteiger partial charge in [0.1, 0.15) is 5.69 Å². The number of fused-ring (bicyclic) bond motifs is 2. The van der Waals surface area contributed by atoms with Crippen molar-refractivity contribution in [3.8, 4) is 0 Å². The lowest BCUT2D eigenvalue weighted by molar-refractivity contribution is 0.0673. The minimum absolute atomic E-state index is 0.177. The lowest BCUT2D eigenvalue weighted by Gasteiger charge is -2.34. The summed E-state index contributed by atoms with van der Waals surface area (Å²) < 4.78 is 7.67. The average molecular weight is 393 g/mol. The third-order valence-corrected chi connectivity index (χ3v) is 6.79. The Labute approximate surface area is 171 Å². The molecule has 5 rings (SSSR count). The van der Waals surface area contributed by atoms with Gasteiger partial charge in [0.15, 0.2) is 5.58 Å². The molecule has 3 aromatic rings. The monoisotopic (exact) mass is 392 g/mol. The predicted octanol–water partition coefficient (Wildman–Crippen LogP) is 3.58. The summed E-state index contributed by atoms with van der Waals surface area (Å²) in [6.07, 6.45) is 2.18. The zero-order valence-electron chi connectivity index (χ0n) is 17.2. The van der Waals surface area contributed by atoms with Crippen LogP contribution in [0, 0.1) is 13.8 Å². The normalized spacial score (nSPS) is 18.6. The number of hydrogen-bond donors (Lipinski definition) is 0. The summed E-state index contributed by atoms with van der Waals surface area (Å²) in [4.78, 5) is 17.4. The molecule has 6 nitrogen and oxygen atoms in total. The topological polar surface area (TPSA) is 54.5 Å². The van der Waals surface area contributed by atoms with E-state index in [1.165, 1.54) is 11.3 Å². The van der Waals surface area contributed by atoms with Crippen LogP contribution in [0.2, 0.25) is 0 Å². The molecule has 1 saturated heterocycles. The van der Waals surface area contributed by atoms with Gasteiger partial charge in [-0.2, -0.15) is 0 Å². The van der Waals surface area contributed by atoms with E-state index in [0.29, 0.717) is 5.92 Å². The molecule has 1 fully saturated rings. The second-order valence-corrected chi connectivity index (χ2v) is 8.42. The van der Waals surface area contributed by atoms with Gasteiger partial charge in [-0.25, -0.2) is 0 Å². The number of piperidine rings is 1. The van der Waals surface area contributed by atoms with Crippen LogP contribution in [0.4, 0.5) is 0 Å². The van der Waals surface area contributed by atoms with Crippen LogP contribution in [0.3, 0.4) is 0 Å². The highest BCUT2D eigenvalue weighted by Gasteiger charge is 2.28. The Kier molecular flexibility index (Phi) is 4.66. The van der Waals surface area contributed by atoms with Crippen molar-refractivity contribution in [3.05, 3.63) is 53.0 Å². The average Bonchev–Trinajstić information content (AvgIpc) is 3.30. The molecule has 0 aliphatic carbocycles. The smallest absolute Gasteiger partial charge is 0.270 e. The molecule has 0 saturated carbocycles. The molecule has 0 N–H and O–H groups in total.